The van der Waals surface area contributed by atoms with E-state index in [1.54, 1.807) is 68.0 Å². The Labute approximate surface area is 734 Å². The molecular formula is C84H92O27S11-2. The molecule has 0 bridgehead atoms. The molecule has 6 aliphatic rings. The van der Waals surface area contributed by atoms with Crippen molar-refractivity contribution in [2.45, 2.75) is 83.0 Å². The number of hydrogen-bond acceptors (Lipinski definition) is 30. The molecule has 4 unspecified atom stereocenters. The molecule has 0 aliphatic carbocycles. The molecule has 0 saturated heterocycles. The maximum atomic E-state index is 9.19. The van der Waals surface area contributed by atoms with Crippen molar-refractivity contribution in [3.63, 3.8) is 0 Å². The van der Waals surface area contributed by atoms with Crippen LogP contribution in [-0.4, -0.2) is 175 Å². The van der Waals surface area contributed by atoms with Gasteiger partial charge in [0.05, 0.1) is 87.8 Å². The van der Waals surface area contributed by atoms with Crippen LogP contribution in [0.15, 0.2) is 152 Å². The van der Waals surface area contributed by atoms with Crippen molar-refractivity contribution in [3.05, 3.63) is 189 Å². The van der Waals surface area contributed by atoms with Crippen LogP contribution >= 0.6 is 68.0 Å². The van der Waals surface area contributed by atoms with Gasteiger partial charge in [-0.2, -0.15) is 25.3 Å². The van der Waals surface area contributed by atoms with Crippen molar-refractivity contribution in [2.75, 3.05) is 111 Å². The molecule has 27 nitrogen and oxygen atoms in total. The lowest BCUT2D eigenvalue weighted by Crippen LogP contribution is -2.16. The van der Waals surface area contributed by atoms with E-state index in [0.29, 0.717) is 186 Å². The van der Waals surface area contributed by atoms with Crippen molar-refractivity contribution in [1.29, 1.82) is 0 Å². The summed E-state index contributed by atoms with van der Waals surface area (Å²) in [5, 5.41) is 0. The van der Waals surface area contributed by atoms with Gasteiger partial charge in [0.1, 0.15) is 79.3 Å². The first-order valence-corrected chi connectivity index (χ1v) is 52.2. The molecule has 11 aromatic rings. The third-order valence-electron chi connectivity index (χ3n) is 18.7. The SMILES string of the molecule is CC(CC(CC(CC(CC(C)c1ccccc1)c1ccccc1)c1ccccc1)c1ccccc1)c1ccccc1.CS(=O)(=O)O.CS(=O)(=O)O.CS(=O)(=O)O.CS(=O)(=O)[O-].CS(=O)(=O)[O-].Cc1sc(-c2sc(-c3sc(-c4sc(-c5sc(-c6sc(C)c7c6OCCO7)c6c5OCCO6)c5c4OCCO5)c4c3OCCO4)c3c2OCCO3)c2c1OCCO2. The molecule has 0 amide bonds. The summed E-state index contributed by atoms with van der Waals surface area (Å²) >= 11 is 9.69. The van der Waals surface area contributed by atoms with E-state index in [4.69, 9.17) is 96.4 Å². The van der Waals surface area contributed by atoms with E-state index in [1.165, 1.54) is 27.8 Å². The van der Waals surface area contributed by atoms with Crippen LogP contribution in [-0.2, 0) is 50.6 Å². The van der Waals surface area contributed by atoms with Crippen LogP contribution in [0.5, 0.6) is 69.0 Å². The Morgan fingerprint density at radius 2 is 0.402 bits per heavy atom. The van der Waals surface area contributed by atoms with Crippen molar-refractivity contribution in [2.24, 2.45) is 0 Å². The molecule has 5 aromatic carbocycles. The second kappa shape index (κ2) is 42.0. The molecule has 17 rings (SSSR count). The van der Waals surface area contributed by atoms with Crippen LogP contribution in [0.3, 0.4) is 0 Å². The quantitative estimate of drug-likeness (QED) is 0.0672. The first kappa shape index (κ1) is 94.1. The zero-order valence-corrected chi connectivity index (χ0v) is 76.7. The van der Waals surface area contributed by atoms with Crippen LogP contribution in [0.2, 0.25) is 0 Å². The highest BCUT2D eigenvalue weighted by Gasteiger charge is 2.41. The highest BCUT2D eigenvalue weighted by molar-refractivity contribution is 7.85. The van der Waals surface area contributed by atoms with Crippen molar-refractivity contribution in [1.82, 2.24) is 0 Å². The molecule has 6 aliphatic heterocycles. The summed E-state index contributed by atoms with van der Waals surface area (Å²) in [6, 6.07) is 55.9. The van der Waals surface area contributed by atoms with Crippen LogP contribution in [0.25, 0.3) is 48.8 Å². The molecule has 122 heavy (non-hydrogen) atoms. The zero-order valence-electron chi connectivity index (χ0n) is 67.8. The Morgan fingerprint density at radius 3 is 0.582 bits per heavy atom. The van der Waals surface area contributed by atoms with Gasteiger partial charge in [-0.25, -0.2) is 16.8 Å². The van der Waals surface area contributed by atoms with Crippen LogP contribution in [0.4, 0.5) is 0 Å². The highest BCUT2D eigenvalue weighted by Crippen LogP contribution is 2.68. The number of aryl methyl sites for hydroxylation is 2. The Morgan fingerprint density at radius 1 is 0.262 bits per heavy atom. The van der Waals surface area contributed by atoms with E-state index < -0.39 is 50.6 Å². The molecule has 4 atom stereocenters. The summed E-state index contributed by atoms with van der Waals surface area (Å²) in [4.78, 5) is 11.4. The summed E-state index contributed by atoms with van der Waals surface area (Å²) in [5.41, 5.74) is 7.26. The number of rotatable bonds is 18. The van der Waals surface area contributed by atoms with Crippen LogP contribution < -0.4 is 56.8 Å². The minimum absolute atomic E-state index is 0.419. The van der Waals surface area contributed by atoms with Gasteiger partial charge in [0.2, 0.25) is 0 Å². The van der Waals surface area contributed by atoms with E-state index in [2.05, 4.69) is 179 Å². The first-order chi connectivity index (χ1) is 57.8. The minimum atomic E-state index is -3.92. The van der Waals surface area contributed by atoms with Gasteiger partial charge < -0.3 is 65.9 Å². The molecule has 0 spiro atoms. The molecule has 38 heteroatoms. The lowest BCUT2D eigenvalue weighted by molar-refractivity contribution is 0.170. The number of benzene rings is 5. The largest absolute Gasteiger partial charge is 0.748 e. The predicted molar refractivity (Wildman–Crippen MR) is 476 cm³/mol. The van der Waals surface area contributed by atoms with Crippen molar-refractivity contribution < 1.29 is 122 Å². The molecule has 0 radical (unpaired) electrons. The van der Waals surface area contributed by atoms with E-state index in [0.717, 1.165) is 107 Å². The predicted octanol–water partition coefficient (Wildman–Crippen LogP) is 18.0. The third-order valence-corrected chi connectivity index (χ3v) is 26.3. The maximum Gasteiger partial charge on any atom is 0.261 e. The van der Waals surface area contributed by atoms with Crippen LogP contribution in [0.1, 0.15) is 107 Å². The normalized spacial score (nSPS) is 15.3. The Hall–Kier alpha value is -8.55. The fourth-order valence-corrected chi connectivity index (χ4v) is 21.6. The van der Waals surface area contributed by atoms with Crippen molar-refractivity contribution >= 4 is 119 Å². The summed E-state index contributed by atoms with van der Waals surface area (Å²) in [5.74, 6) is 11.1. The number of thiophene rings is 6. The second-order valence-corrected chi connectivity index (χ2v) is 42.4. The van der Waals surface area contributed by atoms with Gasteiger partial charge in [-0.15, -0.1) is 68.0 Å². The summed E-state index contributed by atoms with van der Waals surface area (Å²) < 4.78 is 208. The Bertz CT molecular complexity index is 5450. The number of hydrogen-bond donors (Lipinski definition) is 3. The van der Waals surface area contributed by atoms with Gasteiger partial charge in [-0.05, 0) is 96.9 Å². The maximum absolute atomic E-state index is 9.19. The van der Waals surface area contributed by atoms with Crippen molar-refractivity contribution in [3.8, 4) is 118 Å². The molecule has 12 heterocycles. The summed E-state index contributed by atoms with van der Waals surface area (Å²) in [6.07, 6.45) is 7.94. The molecular weight excluding hydrogens is 1790 g/mol. The van der Waals surface area contributed by atoms with Gasteiger partial charge >= 0.3 is 0 Å². The van der Waals surface area contributed by atoms with Crippen LogP contribution in [0, 0.1) is 13.8 Å². The van der Waals surface area contributed by atoms with Gasteiger partial charge in [0.15, 0.2) is 69.0 Å². The van der Waals surface area contributed by atoms with E-state index >= 15 is 0 Å². The highest BCUT2D eigenvalue weighted by atomic mass is 32.2. The molecule has 0 fully saturated rings. The van der Waals surface area contributed by atoms with E-state index in [1.807, 2.05) is 0 Å². The zero-order chi connectivity index (χ0) is 87.8. The average molecular weight is 1890 g/mol. The molecule has 658 valence electrons. The van der Waals surface area contributed by atoms with E-state index in [9.17, 15) is 25.3 Å². The second-order valence-electron chi connectivity index (χ2n) is 28.6. The average Bonchev–Trinajstić information content (AvgIpc) is 1.57. The van der Waals surface area contributed by atoms with Gasteiger partial charge in [-0.1, -0.05) is 166 Å². The molecule has 6 aromatic heterocycles. The topological polar surface area (TPSA) is 388 Å². The Kier molecular flexibility index (Phi) is 32.4. The van der Waals surface area contributed by atoms with Gasteiger partial charge in [0.25, 0.3) is 30.4 Å². The summed E-state index contributed by atoms with van der Waals surface area (Å²) in [6.45, 7) is 14.4. The fraction of sp³-hybridized carbons (Fsp3) is 0.357. The number of ether oxygens (including phenoxy) is 12. The molecule has 0 saturated carbocycles. The van der Waals surface area contributed by atoms with Gasteiger partial charge in [0, 0.05) is 22.3 Å². The fourth-order valence-electron chi connectivity index (χ4n) is 14.1. The third kappa shape index (κ3) is 26.7. The monoisotopic (exact) mass is 1880 g/mol. The first-order valence-electron chi connectivity index (χ1n) is 38.1. The standard InChI is InChI=1S/C41H44.C38H30O12S6.5CH4O3S/c1-32(34-18-8-3-9-19-34)28-39(36-22-12-5-13-23-36)30-41(38-26-16-7-17-27-38)31-40(37-24-14-6-15-25-37)29-33(2)35-20-10-4-11-21-35;1-15-17-19(41-5-3-39-17)29(51-15)31-21-23(45-9-7-43-21)33(53-31)35-25-27(49-13-11-47-25)37(55-35)38-28-26(48-12-14-50-28)36(56-38)34-24-22(44-8-10-46-24)32(54-34)30-20-18(16(2)52-30)40-4-6-42-20;5*1-5(2,3)4/h3-27,32-33,39-41H,28-31H2,1-2H3;3-14H2,1-2H3;5*1H3,(H,2,3,4)/p-2. The Balaban J connectivity index is 0.000000192. The minimum Gasteiger partial charge on any atom is -0.748 e. The van der Waals surface area contributed by atoms with Gasteiger partial charge in [-0.3, -0.25) is 13.7 Å². The lowest BCUT2D eigenvalue weighted by Gasteiger charge is -2.31. The van der Waals surface area contributed by atoms with E-state index in [-0.39, 0.29) is 0 Å². The number of fused-ring (bicyclic) bond motifs is 6. The molecule has 3 N–H and O–H groups in total. The summed E-state index contributed by atoms with van der Waals surface area (Å²) in [7, 11) is -18.8. The lowest BCUT2D eigenvalue weighted by atomic mass is 9.74. The smallest absolute Gasteiger partial charge is 0.261 e.